The number of hydrogen-bond donors (Lipinski definition) is 1. The molecule has 1 heterocycles. The lowest BCUT2D eigenvalue weighted by Gasteiger charge is -2.23. The van der Waals surface area contributed by atoms with Gasteiger partial charge in [-0.25, -0.2) is 0 Å². The zero-order chi connectivity index (χ0) is 22.2. The monoisotopic (exact) mass is 477 g/mol. The van der Waals surface area contributed by atoms with Crippen molar-refractivity contribution in [2.75, 3.05) is 4.90 Å². The van der Waals surface area contributed by atoms with E-state index in [1.165, 1.54) is 0 Å². The Balaban J connectivity index is 1.68. The number of carbonyl (C=O) groups excluding carboxylic acids is 2. The molecule has 31 heavy (non-hydrogen) atoms. The molecular formula is C26H24BrNO3. The van der Waals surface area contributed by atoms with Crippen molar-refractivity contribution in [3.63, 3.8) is 0 Å². The van der Waals surface area contributed by atoms with Crippen LogP contribution in [0.3, 0.4) is 0 Å². The van der Waals surface area contributed by atoms with Crippen molar-refractivity contribution in [2.45, 2.75) is 38.8 Å². The number of rotatable bonds is 6. The Morgan fingerprint density at radius 3 is 2.45 bits per heavy atom. The quantitative estimate of drug-likeness (QED) is 0.488. The molecule has 1 aliphatic heterocycles. The summed E-state index contributed by atoms with van der Waals surface area (Å²) >= 11 is 3.43. The van der Waals surface area contributed by atoms with E-state index in [0.717, 1.165) is 27.6 Å². The maximum absolute atomic E-state index is 13.5. The van der Waals surface area contributed by atoms with E-state index in [1.54, 1.807) is 23.1 Å². The van der Waals surface area contributed by atoms with Gasteiger partial charge in [0.1, 0.15) is 0 Å². The van der Waals surface area contributed by atoms with Crippen LogP contribution in [0, 0.1) is 6.92 Å². The lowest BCUT2D eigenvalue weighted by Crippen LogP contribution is -2.41. The first kappa shape index (κ1) is 21.5. The van der Waals surface area contributed by atoms with Crippen molar-refractivity contribution >= 4 is 33.3 Å². The molecule has 0 aliphatic carbocycles. The molecule has 0 saturated heterocycles. The predicted molar refractivity (Wildman–Crippen MR) is 125 cm³/mol. The maximum atomic E-state index is 13.5. The number of ketones is 1. The number of benzene rings is 3. The van der Waals surface area contributed by atoms with Crippen LogP contribution >= 0.6 is 15.9 Å². The van der Waals surface area contributed by atoms with E-state index in [4.69, 9.17) is 0 Å². The molecule has 4 nitrogen and oxygen atoms in total. The highest BCUT2D eigenvalue weighted by molar-refractivity contribution is 9.10. The molecule has 4 rings (SSSR count). The average molecular weight is 478 g/mol. The van der Waals surface area contributed by atoms with E-state index in [0.29, 0.717) is 23.4 Å². The van der Waals surface area contributed by atoms with Gasteiger partial charge in [0.2, 0.25) is 0 Å². The summed E-state index contributed by atoms with van der Waals surface area (Å²) in [6.07, 6.45) is 0.581. The second-order valence-corrected chi connectivity index (χ2v) is 8.97. The highest BCUT2D eigenvalue weighted by atomic mass is 79.9. The number of Topliss-reactive ketones (excluding diaryl/α,β-unsaturated/α-hetero) is 1. The molecule has 0 bridgehead atoms. The summed E-state index contributed by atoms with van der Waals surface area (Å²) in [5, 5.41) is 11.5. The number of carbonyl (C=O) groups is 2. The van der Waals surface area contributed by atoms with Crippen LogP contribution in [0.2, 0.25) is 0 Å². The van der Waals surface area contributed by atoms with Crippen molar-refractivity contribution in [3.05, 3.63) is 99.0 Å². The molecule has 0 spiro atoms. The van der Waals surface area contributed by atoms with Gasteiger partial charge in [0.05, 0.1) is 18.7 Å². The molecule has 1 unspecified atom stereocenters. The molecule has 0 aromatic heterocycles. The number of hydrogen-bond acceptors (Lipinski definition) is 3. The van der Waals surface area contributed by atoms with E-state index >= 15 is 0 Å². The zero-order valence-corrected chi connectivity index (χ0v) is 19.1. The van der Waals surface area contributed by atoms with Gasteiger partial charge in [-0.05, 0) is 42.7 Å². The summed E-state index contributed by atoms with van der Waals surface area (Å²) in [4.78, 5) is 28.0. The average Bonchev–Trinajstić information content (AvgIpc) is 2.95. The first-order valence-corrected chi connectivity index (χ1v) is 11.1. The number of fused-ring (bicyclic) bond motifs is 1. The zero-order valence-electron chi connectivity index (χ0n) is 17.6. The van der Waals surface area contributed by atoms with Crippen LogP contribution in [-0.4, -0.2) is 16.8 Å². The summed E-state index contributed by atoms with van der Waals surface area (Å²) in [5.41, 5.74) is 2.88. The minimum absolute atomic E-state index is 0.262. The van der Waals surface area contributed by atoms with Crippen molar-refractivity contribution in [1.29, 1.82) is 0 Å². The topological polar surface area (TPSA) is 57.6 Å². The van der Waals surface area contributed by atoms with Gasteiger partial charge >= 0.3 is 0 Å². The molecular weight excluding hydrogens is 454 g/mol. The fourth-order valence-electron chi connectivity index (χ4n) is 4.10. The third-order valence-electron chi connectivity index (χ3n) is 5.82. The van der Waals surface area contributed by atoms with E-state index in [2.05, 4.69) is 15.9 Å². The number of halogens is 1. The van der Waals surface area contributed by atoms with E-state index < -0.39 is 11.5 Å². The summed E-state index contributed by atoms with van der Waals surface area (Å²) in [6.45, 7) is 4.38. The molecule has 3 aromatic carbocycles. The number of aryl methyl sites for hydroxylation is 2. The van der Waals surface area contributed by atoms with Crippen molar-refractivity contribution in [1.82, 2.24) is 0 Å². The summed E-state index contributed by atoms with van der Waals surface area (Å²) in [7, 11) is 0. The van der Waals surface area contributed by atoms with Crippen molar-refractivity contribution in [2.24, 2.45) is 0 Å². The van der Waals surface area contributed by atoms with Crippen LogP contribution in [0.1, 0.15) is 46.0 Å². The summed E-state index contributed by atoms with van der Waals surface area (Å²) < 4.78 is 0.745. The third-order valence-corrected chi connectivity index (χ3v) is 6.31. The van der Waals surface area contributed by atoms with Crippen molar-refractivity contribution < 1.29 is 14.7 Å². The van der Waals surface area contributed by atoms with Gasteiger partial charge in [-0.3, -0.25) is 9.59 Å². The van der Waals surface area contributed by atoms with Gasteiger partial charge in [-0.2, -0.15) is 0 Å². The molecule has 0 fully saturated rings. The Labute approximate surface area is 190 Å². The van der Waals surface area contributed by atoms with Gasteiger partial charge in [0.25, 0.3) is 5.91 Å². The maximum Gasteiger partial charge on any atom is 0.264 e. The number of anilines is 1. The second-order valence-electron chi connectivity index (χ2n) is 8.05. The lowest BCUT2D eigenvalue weighted by molar-refractivity contribution is -0.136. The molecule has 158 valence electrons. The Morgan fingerprint density at radius 2 is 1.77 bits per heavy atom. The molecule has 1 N–H and O–H groups in total. The van der Waals surface area contributed by atoms with E-state index in [9.17, 15) is 14.7 Å². The van der Waals surface area contributed by atoms with Gasteiger partial charge in [0, 0.05) is 15.6 Å². The summed E-state index contributed by atoms with van der Waals surface area (Å²) in [6, 6.07) is 20.6. The number of amides is 1. The number of nitrogens with zero attached hydrogens (tertiary/aromatic N) is 1. The Hall–Kier alpha value is -2.76. The van der Waals surface area contributed by atoms with Crippen LogP contribution in [0.15, 0.2) is 71.2 Å². The Bertz CT molecular complexity index is 1160. The standard InChI is InChI=1S/C26H24BrNO3/c1-3-18-7-9-20(10-8-18)24(29)15-26(31)22-14-21(27)11-12-23(22)28(25(26)30)16-19-6-4-5-17(2)13-19/h4-14,31H,3,15-16H2,1-2H3. The smallest absolute Gasteiger partial charge is 0.264 e. The highest BCUT2D eigenvalue weighted by Crippen LogP contribution is 2.44. The van der Waals surface area contributed by atoms with Crippen LogP contribution < -0.4 is 4.90 Å². The van der Waals surface area contributed by atoms with E-state index in [-0.39, 0.29) is 12.2 Å². The van der Waals surface area contributed by atoms with E-state index in [1.807, 2.05) is 62.4 Å². The van der Waals surface area contributed by atoms with Crippen LogP contribution in [-0.2, 0) is 23.4 Å². The van der Waals surface area contributed by atoms with Gasteiger partial charge in [-0.1, -0.05) is 76.9 Å². The molecule has 1 atom stereocenters. The molecule has 1 amide bonds. The molecule has 0 radical (unpaired) electrons. The third kappa shape index (κ3) is 4.08. The van der Waals surface area contributed by atoms with Crippen LogP contribution in [0.4, 0.5) is 5.69 Å². The van der Waals surface area contributed by atoms with Gasteiger partial charge in [0.15, 0.2) is 11.4 Å². The predicted octanol–water partition coefficient (Wildman–Crippen LogP) is 5.33. The first-order chi connectivity index (χ1) is 14.8. The second kappa shape index (κ2) is 8.40. The fourth-order valence-corrected chi connectivity index (χ4v) is 4.47. The minimum atomic E-state index is -1.90. The Morgan fingerprint density at radius 1 is 1.03 bits per heavy atom. The van der Waals surface area contributed by atoms with Gasteiger partial charge in [-0.15, -0.1) is 0 Å². The van der Waals surface area contributed by atoms with Crippen LogP contribution in [0.25, 0.3) is 0 Å². The summed E-state index contributed by atoms with van der Waals surface area (Å²) in [5.74, 6) is -0.734. The Kier molecular flexibility index (Phi) is 5.82. The lowest BCUT2D eigenvalue weighted by atomic mass is 9.88. The van der Waals surface area contributed by atoms with Crippen LogP contribution in [0.5, 0.6) is 0 Å². The fraction of sp³-hybridized carbons (Fsp3) is 0.231. The molecule has 5 heteroatoms. The SMILES string of the molecule is CCc1ccc(C(=O)CC2(O)C(=O)N(Cc3cccc(C)c3)c3ccc(Br)cc32)cc1. The normalized spacial score (nSPS) is 17.7. The van der Waals surface area contributed by atoms with Gasteiger partial charge < -0.3 is 10.0 Å². The first-order valence-electron chi connectivity index (χ1n) is 10.3. The van der Waals surface area contributed by atoms with Crippen molar-refractivity contribution in [3.8, 4) is 0 Å². The minimum Gasteiger partial charge on any atom is -0.375 e. The largest absolute Gasteiger partial charge is 0.375 e. The molecule has 0 saturated carbocycles. The number of aliphatic hydroxyl groups is 1. The molecule has 1 aliphatic rings. The highest BCUT2D eigenvalue weighted by Gasteiger charge is 2.51. The molecule has 3 aromatic rings.